The van der Waals surface area contributed by atoms with E-state index in [1.165, 1.54) is 12.1 Å². The van der Waals surface area contributed by atoms with Gasteiger partial charge < -0.3 is 5.73 Å². The number of anilines is 2. The quantitative estimate of drug-likeness (QED) is 0.883. The fourth-order valence-electron chi connectivity index (χ4n) is 1.21. The van der Waals surface area contributed by atoms with Crippen molar-refractivity contribution in [2.45, 2.75) is 4.90 Å². The van der Waals surface area contributed by atoms with Gasteiger partial charge in [0.05, 0.1) is 5.56 Å². The summed E-state index contributed by atoms with van der Waals surface area (Å²) in [5, 5.41) is 10.7. The van der Waals surface area contributed by atoms with Crippen LogP contribution in [-0.2, 0) is 10.0 Å². The highest BCUT2D eigenvalue weighted by atomic mass is 32.2. The van der Waals surface area contributed by atoms with Crippen LogP contribution in [0.15, 0.2) is 34.7 Å². The van der Waals surface area contributed by atoms with Crippen LogP contribution in [0.3, 0.4) is 0 Å². The Labute approximate surface area is 108 Å². The summed E-state index contributed by atoms with van der Waals surface area (Å²) in [5.74, 6) is 0.239. The number of hydrogen-bond acceptors (Lipinski definition) is 6. The molecule has 0 unspecified atom stereocenters. The molecule has 6 nitrogen and oxygen atoms in total. The molecule has 0 spiro atoms. The normalized spacial score (nSPS) is 10.8. The minimum Gasteiger partial charge on any atom is -0.384 e. The molecule has 18 heavy (non-hydrogen) atoms. The predicted octanol–water partition coefficient (Wildman–Crippen LogP) is 1.40. The molecule has 0 saturated carbocycles. The summed E-state index contributed by atoms with van der Waals surface area (Å²) in [7, 11) is -3.74. The number of nitriles is 1. The van der Waals surface area contributed by atoms with E-state index >= 15 is 0 Å². The molecule has 0 aliphatic heterocycles. The number of hydrogen-bond donors (Lipinski definition) is 2. The molecule has 2 rings (SSSR count). The third-order valence-corrected chi connectivity index (χ3v) is 4.38. The maximum Gasteiger partial charge on any atom is 0.264 e. The maximum atomic E-state index is 12.0. The molecule has 2 heterocycles. The van der Waals surface area contributed by atoms with E-state index in [0.29, 0.717) is 0 Å². The summed E-state index contributed by atoms with van der Waals surface area (Å²) in [4.78, 5) is 3.71. The Hall–Kier alpha value is -2.11. The summed E-state index contributed by atoms with van der Waals surface area (Å²) in [6.07, 6.45) is 1.16. The number of nitrogens with zero attached hydrogens (tertiary/aromatic N) is 2. The molecule has 0 radical (unpaired) electrons. The van der Waals surface area contributed by atoms with Crippen LogP contribution in [0.2, 0.25) is 0 Å². The lowest BCUT2D eigenvalue weighted by molar-refractivity contribution is 0.601. The predicted molar refractivity (Wildman–Crippen MR) is 68.5 cm³/mol. The molecule has 0 amide bonds. The van der Waals surface area contributed by atoms with Crippen molar-refractivity contribution in [2.75, 3.05) is 10.5 Å². The van der Waals surface area contributed by atoms with Gasteiger partial charge >= 0.3 is 0 Å². The summed E-state index contributed by atoms with van der Waals surface area (Å²) in [5.41, 5.74) is 5.67. The average molecular weight is 280 g/mol. The van der Waals surface area contributed by atoms with Gasteiger partial charge in [0, 0.05) is 6.20 Å². The Balaban J connectivity index is 2.34. The topological polar surface area (TPSA) is 109 Å². The number of rotatable bonds is 3. The first-order valence-corrected chi connectivity index (χ1v) is 7.11. The molecule has 3 N–H and O–H groups in total. The molecular weight excluding hydrogens is 272 g/mol. The lowest BCUT2D eigenvalue weighted by atomic mass is 10.4. The third-order valence-electron chi connectivity index (χ3n) is 2.08. The molecule has 2 aromatic heterocycles. The van der Waals surface area contributed by atoms with E-state index in [0.717, 1.165) is 17.5 Å². The number of nitrogens with two attached hydrogens (primary N) is 1. The molecule has 92 valence electrons. The Morgan fingerprint density at radius 1 is 1.39 bits per heavy atom. The van der Waals surface area contributed by atoms with Crippen molar-refractivity contribution < 1.29 is 8.42 Å². The number of aromatic nitrogens is 1. The van der Waals surface area contributed by atoms with Crippen molar-refractivity contribution in [3.63, 3.8) is 0 Å². The highest BCUT2D eigenvalue weighted by Gasteiger charge is 2.17. The SMILES string of the molecule is N#Cc1ccsc1NS(=O)(=O)c1ccc(N)nc1. The van der Waals surface area contributed by atoms with Crippen molar-refractivity contribution in [3.05, 3.63) is 35.3 Å². The smallest absolute Gasteiger partial charge is 0.264 e. The van der Waals surface area contributed by atoms with E-state index in [4.69, 9.17) is 11.0 Å². The van der Waals surface area contributed by atoms with Gasteiger partial charge in [-0.3, -0.25) is 4.72 Å². The molecule has 0 aliphatic rings. The lowest BCUT2D eigenvalue weighted by Gasteiger charge is -2.06. The zero-order valence-corrected chi connectivity index (χ0v) is 10.6. The summed E-state index contributed by atoms with van der Waals surface area (Å²) >= 11 is 1.14. The maximum absolute atomic E-state index is 12.0. The van der Waals surface area contributed by atoms with Crippen LogP contribution in [0.25, 0.3) is 0 Å². The highest BCUT2D eigenvalue weighted by molar-refractivity contribution is 7.93. The third kappa shape index (κ3) is 2.42. The summed E-state index contributed by atoms with van der Waals surface area (Å²) < 4.78 is 26.3. The van der Waals surface area contributed by atoms with E-state index < -0.39 is 10.0 Å². The number of nitrogens with one attached hydrogen (secondary N) is 1. The van der Waals surface area contributed by atoms with Crippen molar-refractivity contribution >= 4 is 32.2 Å². The second-order valence-corrected chi connectivity index (χ2v) is 5.90. The first-order chi connectivity index (χ1) is 8.53. The first-order valence-electron chi connectivity index (χ1n) is 4.75. The molecule has 0 atom stereocenters. The minimum atomic E-state index is -3.74. The molecule has 0 aliphatic carbocycles. The zero-order chi connectivity index (χ0) is 13.2. The fourth-order valence-corrected chi connectivity index (χ4v) is 3.22. The Morgan fingerprint density at radius 2 is 2.17 bits per heavy atom. The van der Waals surface area contributed by atoms with Crippen LogP contribution in [-0.4, -0.2) is 13.4 Å². The average Bonchev–Trinajstić information content (AvgIpc) is 2.76. The van der Waals surface area contributed by atoms with Crippen molar-refractivity contribution in [2.24, 2.45) is 0 Å². The van der Waals surface area contributed by atoms with E-state index in [-0.39, 0.29) is 21.3 Å². The Bertz CT molecular complexity index is 698. The van der Waals surface area contributed by atoms with E-state index in [9.17, 15) is 8.42 Å². The number of nitrogen functional groups attached to an aromatic ring is 1. The fraction of sp³-hybridized carbons (Fsp3) is 0. The van der Waals surface area contributed by atoms with Gasteiger partial charge in [-0.1, -0.05) is 0 Å². The van der Waals surface area contributed by atoms with Gasteiger partial charge in [-0.15, -0.1) is 11.3 Å². The van der Waals surface area contributed by atoms with Crippen molar-refractivity contribution in [1.82, 2.24) is 4.98 Å². The monoisotopic (exact) mass is 280 g/mol. The number of sulfonamides is 1. The van der Waals surface area contributed by atoms with Gasteiger partial charge in [0.2, 0.25) is 0 Å². The molecule has 0 fully saturated rings. The molecule has 0 aromatic carbocycles. The van der Waals surface area contributed by atoms with Gasteiger partial charge in [0.15, 0.2) is 0 Å². The van der Waals surface area contributed by atoms with E-state index in [1.54, 1.807) is 11.4 Å². The van der Waals surface area contributed by atoms with Gasteiger partial charge in [0.1, 0.15) is 21.8 Å². The van der Waals surface area contributed by atoms with Crippen LogP contribution >= 0.6 is 11.3 Å². The number of thiophene rings is 1. The van der Waals surface area contributed by atoms with Gasteiger partial charge in [-0.2, -0.15) is 5.26 Å². The number of pyridine rings is 1. The van der Waals surface area contributed by atoms with E-state index in [2.05, 4.69) is 9.71 Å². The van der Waals surface area contributed by atoms with Gasteiger partial charge in [-0.05, 0) is 23.6 Å². The largest absolute Gasteiger partial charge is 0.384 e. The van der Waals surface area contributed by atoms with Crippen LogP contribution in [0.4, 0.5) is 10.8 Å². The molecule has 0 saturated heterocycles. The highest BCUT2D eigenvalue weighted by Crippen LogP contribution is 2.25. The summed E-state index contributed by atoms with van der Waals surface area (Å²) in [6.45, 7) is 0. The Morgan fingerprint density at radius 3 is 2.78 bits per heavy atom. The molecule has 0 bridgehead atoms. The standard InChI is InChI=1S/C10H8N4O2S2/c11-5-7-3-4-17-10(7)14-18(15,16)8-1-2-9(12)13-6-8/h1-4,6,14H,(H2,12,13). The molecule has 2 aromatic rings. The van der Waals surface area contributed by atoms with E-state index in [1.807, 2.05) is 6.07 Å². The van der Waals surface area contributed by atoms with Crippen LogP contribution in [0, 0.1) is 11.3 Å². The lowest BCUT2D eigenvalue weighted by Crippen LogP contribution is -2.13. The van der Waals surface area contributed by atoms with Gasteiger partial charge in [0.25, 0.3) is 10.0 Å². The minimum absolute atomic E-state index is 0.00557. The Kier molecular flexibility index (Phi) is 3.18. The molecule has 8 heteroatoms. The summed E-state index contributed by atoms with van der Waals surface area (Å²) in [6, 6.07) is 6.20. The van der Waals surface area contributed by atoms with Crippen LogP contribution < -0.4 is 10.5 Å². The van der Waals surface area contributed by atoms with Crippen molar-refractivity contribution in [3.8, 4) is 6.07 Å². The first kappa shape index (κ1) is 12.3. The molecular formula is C10H8N4O2S2. The van der Waals surface area contributed by atoms with Crippen molar-refractivity contribution in [1.29, 1.82) is 5.26 Å². The zero-order valence-electron chi connectivity index (χ0n) is 8.99. The van der Waals surface area contributed by atoms with Gasteiger partial charge in [-0.25, -0.2) is 13.4 Å². The van der Waals surface area contributed by atoms with Crippen LogP contribution in [0.1, 0.15) is 5.56 Å². The van der Waals surface area contributed by atoms with Crippen LogP contribution in [0.5, 0.6) is 0 Å². The second kappa shape index (κ2) is 4.64. The second-order valence-electron chi connectivity index (χ2n) is 3.30.